The van der Waals surface area contributed by atoms with E-state index < -0.39 is 12.0 Å². The average Bonchev–Trinajstić information content (AvgIpc) is 2.59. The maximum absolute atomic E-state index is 12.9. The molecule has 1 aliphatic heterocycles. The van der Waals surface area contributed by atoms with Crippen molar-refractivity contribution in [3.05, 3.63) is 35.0 Å². The maximum atomic E-state index is 12.9. The van der Waals surface area contributed by atoms with Gasteiger partial charge in [-0.3, -0.25) is 0 Å². The first-order valence-electron chi connectivity index (χ1n) is 9.51. The highest BCUT2D eigenvalue weighted by Crippen LogP contribution is 2.36. The van der Waals surface area contributed by atoms with Crippen molar-refractivity contribution in [2.75, 3.05) is 7.11 Å². The van der Waals surface area contributed by atoms with Crippen LogP contribution in [0.1, 0.15) is 53.1 Å². The van der Waals surface area contributed by atoms with E-state index in [4.69, 9.17) is 14.2 Å². The number of ether oxygens (including phenoxy) is 3. The molecule has 2 N–H and O–H groups in total. The van der Waals surface area contributed by atoms with E-state index in [1.54, 1.807) is 33.1 Å². The van der Waals surface area contributed by atoms with Crippen molar-refractivity contribution in [1.82, 2.24) is 10.6 Å². The molecule has 0 bridgehead atoms. The Morgan fingerprint density at radius 2 is 1.71 bits per heavy atom. The Hall–Kier alpha value is -2.70. The largest absolute Gasteiger partial charge is 0.493 e. The molecule has 7 nitrogen and oxygen atoms in total. The second kappa shape index (κ2) is 8.99. The van der Waals surface area contributed by atoms with E-state index in [1.807, 2.05) is 33.8 Å². The van der Waals surface area contributed by atoms with Gasteiger partial charge in [0.2, 0.25) is 0 Å². The fraction of sp³-hybridized carbons (Fsp3) is 0.524. The van der Waals surface area contributed by atoms with Crippen LogP contribution in [0.15, 0.2) is 29.5 Å². The lowest BCUT2D eigenvalue weighted by molar-refractivity contribution is -0.143. The van der Waals surface area contributed by atoms with Gasteiger partial charge in [0.05, 0.1) is 30.9 Å². The number of carbonyl (C=O) groups is 2. The Morgan fingerprint density at radius 3 is 2.25 bits per heavy atom. The van der Waals surface area contributed by atoms with Crippen molar-refractivity contribution in [1.29, 1.82) is 0 Å². The van der Waals surface area contributed by atoms with E-state index >= 15 is 0 Å². The zero-order valence-electron chi connectivity index (χ0n) is 17.6. The molecule has 7 heteroatoms. The molecular formula is C21H30N2O5. The number of benzene rings is 1. The molecular weight excluding hydrogens is 360 g/mol. The van der Waals surface area contributed by atoms with Crippen LogP contribution in [0.3, 0.4) is 0 Å². The van der Waals surface area contributed by atoms with Crippen LogP contribution in [0.5, 0.6) is 11.5 Å². The number of methoxy groups -OCH3 is 1. The van der Waals surface area contributed by atoms with Crippen molar-refractivity contribution in [3.8, 4) is 11.5 Å². The summed E-state index contributed by atoms with van der Waals surface area (Å²) in [4.78, 5) is 25.1. The molecule has 28 heavy (non-hydrogen) atoms. The van der Waals surface area contributed by atoms with Crippen LogP contribution in [0, 0.1) is 5.92 Å². The molecule has 0 aromatic heterocycles. The van der Waals surface area contributed by atoms with Crippen LogP contribution in [-0.2, 0) is 9.53 Å². The lowest BCUT2D eigenvalue weighted by Gasteiger charge is -2.31. The first-order valence-corrected chi connectivity index (χ1v) is 9.51. The third-order valence-electron chi connectivity index (χ3n) is 4.13. The summed E-state index contributed by atoms with van der Waals surface area (Å²) < 4.78 is 16.7. The van der Waals surface area contributed by atoms with Crippen LogP contribution >= 0.6 is 0 Å². The third kappa shape index (κ3) is 4.97. The summed E-state index contributed by atoms with van der Waals surface area (Å²) in [6, 6.07) is 4.34. The molecule has 0 spiro atoms. The number of allylic oxidation sites excluding steroid dienone is 1. The van der Waals surface area contributed by atoms with Gasteiger partial charge in [-0.05, 0) is 51.3 Å². The molecule has 0 fully saturated rings. The molecule has 1 atom stereocenters. The van der Waals surface area contributed by atoms with Crippen LogP contribution in [-0.4, -0.2) is 31.3 Å². The number of urea groups is 1. The van der Waals surface area contributed by atoms with Crippen LogP contribution in [0.2, 0.25) is 0 Å². The fourth-order valence-corrected chi connectivity index (χ4v) is 3.01. The van der Waals surface area contributed by atoms with Gasteiger partial charge in [0.15, 0.2) is 11.5 Å². The van der Waals surface area contributed by atoms with Gasteiger partial charge in [-0.25, -0.2) is 9.59 Å². The highest BCUT2D eigenvalue weighted by atomic mass is 16.5. The molecule has 1 heterocycles. The number of amides is 2. The van der Waals surface area contributed by atoms with E-state index in [2.05, 4.69) is 10.6 Å². The Balaban J connectivity index is 2.57. The van der Waals surface area contributed by atoms with Gasteiger partial charge in [0, 0.05) is 5.70 Å². The standard InChI is InChI=1S/C21H30N2O5/c1-11(2)18-17(20(24)28-13(5)6)19(23-21(25)22-18)14-8-9-15(26-7)16(10-14)27-12(3)4/h8-13,19H,1-7H3,(H2,22,23,25). The molecule has 1 unspecified atom stereocenters. The second-order valence-electron chi connectivity index (χ2n) is 7.54. The Bertz CT molecular complexity index is 768. The number of hydrogen-bond acceptors (Lipinski definition) is 5. The molecule has 0 saturated carbocycles. The number of carbonyl (C=O) groups excluding carboxylic acids is 2. The molecule has 0 radical (unpaired) electrons. The van der Waals surface area contributed by atoms with Crippen molar-refractivity contribution >= 4 is 12.0 Å². The Kier molecular flexibility index (Phi) is 6.94. The summed E-state index contributed by atoms with van der Waals surface area (Å²) in [5.41, 5.74) is 1.66. The zero-order valence-corrected chi connectivity index (χ0v) is 17.6. The van der Waals surface area contributed by atoms with Crippen molar-refractivity contribution in [2.45, 2.75) is 59.8 Å². The van der Waals surface area contributed by atoms with Crippen LogP contribution in [0.25, 0.3) is 0 Å². The predicted octanol–water partition coefficient (Wildman–Crippen LogP) is 3.70. The molecule has 1 aromatic carbocycles. The number of hydrogen-bond donors (Lipinski definition) is 2. The topological polar surface area (TPSA) is 85.9 Å². The van der Waals surface area contributed by atoms with Gasteiger partial charge in [0.25, 0.3) is 0 Å². The quantitative estimate of drug-likeness (QED) is 0.694. The third-order valence-corrected chi connectivity index (χ3v) is 4.13. The molecule has 1 aromatic rings. The highest BCUT2D eigenvalue weighted by molar-refractivity contribution is 5.95. The van der Waals surface area contributed by atoms with Crippen molar-refractivity contribution in [2.24, 2.45) is 5.92 Å². The van der Waals surface area contributed by atoms with E-state index in [0.717, 1.165) is 0 Å². The maximum Gasteiger partial charge on any atom is 0.338 e. The molecule has 0 saturated heterocycles. The van der Waals surface area contributed by atoms with Crippen LogP contribution in [0.4, 0.5) is 4.79 Å². The van der Waals surface area contributed by atoms with E-state index in [1.165, 1.54) is 0 Å². The second-order valence-corrected chi connectivity index (χ2v) is 7.54. The summed E-state index contributed by atoms with van der Waals surface area (Å²) in [7, 11) is 1.57. The van der Waals surface area contributed by atoms with Gasteiger partial charge in [-0.15, -0.1) is 0 Å². The van der Waals surface area contributed by atoms with E-state index in [0.29, 0.717) is 28.3 Å². The smallest absolute Gasteiger partial charge is 0.338 e. The SMILES string of the molecule is COc1ccc(C2NC(=O)NC(C(C)C)=C2C(=O)OC(C)C)cc1OC(C)C. The number of rotatable bonds is 7. The lowest BCUT2D eigenvalue weighted by atomic mass is 9.91. The molecule has 2 rings (SSSR count). The minimum Gasteiger partial charge on any atom is -0.493 e. The minimum atomic E-state index is -0.655. The summed E-state index contributed by atoms with van der Waals surface area (Å²) in [5.74, 6) is 0.605. The van der Waals surface area contributed by atoms with Gasteiger partial charge in [-0.1, -0.05) is 19.9 Å². The van der Waals surface area contributed by atoms with E-state index in [-0.39, 0.29) is 24.2 Å². The van der Waals surface area contributed by atoms with Gasteiger partial charge >= 0.3 is 12.0 Å². The van der Waals surface area contributed by atoms with Crippen molar-refractivity contribution < 1.29 is 23.8 Å². The van der Waals surface area contributed by atoms with Gasteiger partial charge in [-0.2, -0.15) is 0 Å². The summed E-state index contributed by atoms with van der Waals surface area (Å²) in [5, 5.41) is 5.60. The predicted molar refractivity (Wildman–Crippen MR) is 106 cm³/mol. The summed E-state index contributed by atoms with van der Waals surface area (Å²) in [6.45, 7) is 11.3. The molecule has 1 aliphatic rings. The Morgan fingerprint density at radius 1 is 1.04 bits per heavy atom. The molecule has 154 valence electrons. The number of esters is 1. The number of nitrogens with one attached hydrogen (secondary N) is 2. The lowest BCUT2D eigenvalue weighted by Crippen LogP contribution is -2.47. The van der Waals surface area contributed by atoms with Gasteiger partial charge < -0.3 is 24.8 Å². The van der Waals surface area contributed by atoms with Crippen LogP contribution < -0.4 is 20.1 Å². The Labute approximate surface area is 166 Å². The van der Waals surface area contributed by atoms with Crippen molar-refractivity contribution in [3.63, 3.8) is 0 Å². The monoisotopic (exact) mass is 390 g/mol. The fourth-order valence-electron chi connectivity index (χ4n) is 3.01. The zero-order chi connectivity index (χ0) is 21.0. The van der Waals surface area contributed by atoms with Gasteiger partial charge in [0.1, 0.15) is 0 Å². The first kappa shape index (κ1) is 21.6. The van der Waals surface area contributed by atoms with E-state index in [9.17, 15) is 9.59 Å². The molecule has 0 aliphatic carbocycles. The highest BCUT2D eigenvalue weighted by Gasteiger charge is 2.35. The average molecular weight is 390 g/mol. The summed E-state index contributed by atoms with van der Waals surface area (Å²) >= 11 is 0. The minimum absolute atomic E-state index is 0.0566. The first-order chi connectivity index (χ1) is 13.1. The summed E-state index contributed by atoms with van der Waals surface area (Å²) in [6.07, 6.45) is -0.332. The normalized spacial score (nSPS) is 16.9. The molecule has 2 amide bonds.